The number of piperazine rings is 1. The molecule has 0 aliphatic carbocycles. The molecule has 6 nitrogen and oxygen atoms in total. The fraction of sp³-hybridized carbons (Fsp3) is 0.375. The molecule has 0 atom stereocenters. The summed E-state index contributed by atoms with van der Waals surface area (Å²) < 4.78 is 2.07. The Morgan fingerprint density at radius 3 is 2.53 bits per heavy atom. The first-order valence-electron chi connectivity index (χ1n) is 10.7. The van der Waals surface area contributed by atoms with Crippen molar-refractivity contribution in [3.05, 3.63) is 48.0 Å². The summed E-state index contributed by atoms with van der Waals surface area (Å²) in [5, 5.41) is 0.968. The Bertz CT molecular complexity index is 1250. The summed E-state index contributed by atoms with van der Waals surface area (Å²) in [5.41, 5.74) is 4.12. The third-order valence-electron chi connectivity index (χ3n) is 5.93. The summed E-state index contributed by atoms with van der Waals surface area (Å²) in [6.45, 7) is 8.14. The third kappa shape index (κ3) is 3.21. The van der Waals surface area contributed by atoms with Crippen LogP contribution in [-0.2, 0) is 0 Å². The van der Waals surface area contributed by atoms with E-state index in [1.54, 1.807) is 0 Å². The van der Waals surface area contributed by atoms with Gasteiger partial charge in [0.2, 0.25) is 0 Å². The molecule has 1 aromatic carbocycles. The molecule has 0 N–H and O–H groups in total. The number of pyridine rings is 2. The Morgan fingerprint density at radius 1 is 1.00 bits per heavy atom. The number of Topliss-reactive ketones (excluding diaryl/α,β-unsaturated/α-hetero) is 1. The zero-order chi connectivity index (χ0) is 20.8. The lowest BCUT2D eigenvalue weighted by Gasteiger charge is -2.33. The van der Waals surface area contributed by atoms with Crippen LogP contribution in [0.25, 0.3) is 27.7 Å². The summed E-state index contributed by atoms with van der Waals surface area (Å²) in [5.74, 6) is 1.42. The molecule has 3 aromatic heterocycles. The summed E-state index contributed by atoms with van der Waals surface area (Å²) >= 11 is 0. The van der Waals surface area contributed by atoms with Crippen LogP contribution in [0.4, 0.5) is 5.82 Å². The predicted molar refractivity (Wildman–Crippen MR) is 121 cm³/mol. The van der Waals surface area contributed by atoms with Gasteiger partial charge in [-0.15, -0.1) is 0 Å². The second-order valence-corrected chi connectivity index (χ2v) is 8.71. The Kier molecular flexibility index (Phi) is 4.66. The van der Waals surface area contributed by atoms with Crippen molar-refractivity contribution < 1.29 is 4.79 Å². The van der Waals surface area contributed by atoms with Crippen LogP contribution in [0.5, 0.6) is 0 Å². The van der Waals surface area contributed by atoms with E-state index in [0.717, 1.165) is 54.1 Å². The van der Waals surface area contributed by atoms with E-state index in [4.69, 9.17) is 9.97 Å². The Balaban J connectivity index is 1.74. The molecule has 4 heterocycles. The molecule has 4 aromatic rings. The van der Waals surface area contributed by atoms with Crippen LogP contribution in [0.1, 0.15) is 30.6 Å². The molecule has 0 saturated carbocycles. The molecule has 0 spiro atoms. The fourth-order valence-electron chi connectivity index (χ4n) is 4.28. The van der Waals surface area contributed by atoms with Crippen LogP contribution in [0, 0.1) is 5.92 Å². The molecule has 1 fully saturated rings. The fourth-order valence-corrected chi connectivity index (χ4v) is 4.28. The van der Waals surface area contributed by atoms with E-state index in [1.807, 2.05) is 24.3 Å². The molecular weight excluding hydrogens is 374 g/mol. The molecule has 0 unspecified atom stereocenters. The molecular formula is C24H27N5O. The van der Waals surface area contributed by atoms with Crippen molar-refractivity contribution in [2.24, 2.45) is 5.92 Å². The van der Waals surface area contributed by atoms with Crippen molar-refractivity contribution in [1.82, 2.24) is 19.3 Å². The second kappa shape index (κ2) is 7.36. The number of ketones is 1. The summed E-state index contributed by atoms with van der Waals surface area (Å²) in [6.07, 6.45) is 0.511. The lowest BCUT2D eigenvalue weighted by atomic mass is 10.0. The van der Waals surface area contributed by atoms with Gasteiger partial charge in [0.05, 0.1) is 16.6 Å². The average molecular weight is 402 g/mol. The van der Waals surface area contributed by atoms with Gasteiger partial charge in [-0.2, -0.15) is 0 Å². The van der Waals surface area contributed by atoms with E-state index >= 15 is 0 Å². The van der Waals surface area contributed by atoms with E-state index in [9.17, 15) is 4.79 Å². The first-order chi connectivity index (χ1) is 14.5. The molecule has 30 heavy (non-hydrogen) atoms. The van der Waals surface area contributed by atoms with Crippen molar-refractivity contribution in [3.8, 4) is 0 Å². The topological polar surface area (TPSA) is 53.7 Å². The van der Waals surface area contributed by atoms with Gasteiger partial charge in [0.1, 0.15) is 11.5 Å². The number of benzene rings is 1. The molecule has 6 heteroatoms. The van der Waals surface area contributed by atoms with Crippen molar-refractivity contribution in [2.75, 3.05) is 38.1 Å². The van der Waals surface area contributed by atoms with E-state index in [0.29, 0.717) is 23.5 Å². The van der Waals surface area contributed by atoms with Gasteiger partial charge in [0.15, 0.2) is 11.4 Å². The number of anilines is 1. The van der Waals surface area contributed by atoms with Crippen LogP contribution in [0.2, 0.25) is 0 Å². The van der Waals surface area contributed by atoms with Gasteiger partial charge in [0, 0.05) is 38.0 Å². The van der Waals surface area contributed by atoms with Gasteiger partial charge in [-0.25, -0.2) is 9.97 Å². The van der Waals surface area contributed by atoms with E-state index < -0.39 is 0 Å². The van der Waals surface area contributed by atoms with E-state index in [2.05, 4.69) is 53.3 Å². The molecule has 0 bridgehead atoms. The SMILES string of the molecule is CC(C)CC(=O)c1cc2ccc(N3CCN(C)CC3)nc2n2c1nc1ccccc12. The smallest absolute Gasteiger partial charge is 0.166 e. The van der Waals surface area contributed by atoms with Gasteiger partial charge in [0.25, 0.3) is 0 Å². The maximum Gasteiger partial charge on any atom is 0.166 e. The number of rotatable bonds is 4. The van der Waals surface area contributed by atoms with Crippen LogP contribution < -0.4 is 4.90 Å². The molecule has 5 rings (SSSR count). The summed E-state index contributed by atoms with van der Waals surface area (Å²) in [6, 6.07) is 14.2. The van der Waals surface area contributed by atoms with Gasteiger partial charge < -0.3 is 9.80 Å². The average Bonchev–Trinajstić information content (AvgIpc) is 3.12. The maximum atomic E-state index is 13.0. The number of fused-ring (bicyclic) bond motifs is 5. The number of imidazole rings is 1. The van der Waals surface area contributed by atoms with Gasteiger partial charge in [-0.3, -0.25) is 9.20 Å². The van der Waals surface area contributed by atoms with E-state index in [1.165, 1.54) is 0 Å². The third-order valence-corrected chi connectivity index (χ3v) is 5.93. The number of nitrogens with zero attached hydrogens (tertiary/aromatic N) is 5. The zero-order valence-corrected chi connectivity index (χ0v) is 17.8. The second-order valence-electron chi connectivity index (χ2n) is 8.71. The molecule has 0 amide bonds. The minimum absolute atomic E-state index is 0.135. The largest absolute Gasteiger partial charge is 0.354 e. The van der Waals surface area contributed by atoms with Crippen LogP contribution >= 0.6 is 0 Å². The van der Waals surface area contributed by atoms with Gasteiger partial charge >= 0.3 is 0 Å². The van der Waals surface area contributed by atoms with E-state index in [-0.39, 0.29) is 5.78 Å². The number of carbonyl (C=O) groups excluding carboxylic acids is 1. The summed E-state index contributed by atoms with van der Waals surface area (Å²) in [7, 11) is 2.15. The minimum atomic E-state index is 0.135. The molecule has 1 saturated heterocycles. The monoisotopic (exact) mass is 401 g/mol. The number of hydrogen-bond donors (Lipinski definition) is 0. The highest BCUT2D eigenvalue weighted by molar-refractivity contribution is 6.06. The van der Waals surface area contributed by atoms with Gasteiger partial charge in [-0.05, 0) is 43.3 Å². The quantitative estimate of drug-likeness (QED) is 0.484. The predicted octanol–water partition coefficient (Wildman–Crippen LogP) is 4.02. The Morgan fingerprint density at radius 2 is 1.77 bits per heavy atom. The zero-order valence-electron chi connectivity index (χ0n) is 17.8. The first-order valence-corrected chi connectivity index (χ1v) is 10.7. The highest BCUT2D eigenvalue weighted by atomic mass is 16.1. The standard InChI is InChI=1S/C24H27N5O/c1-16(2)14-21(30)18-15-17-8-9-22(28-12-10-27(3)11-13-28)26-23(17)29-20-7-5-4-6-19(20)25-24(18)29/h4-9,15-16H,10-14H2,1-3H3. The van der Waals surface area contributed by atoms with Crippen molar-refractivity contribution in [3.63, 3.8) is 0 Å². The number of hydrogen-bond acceptors (Lipinski definition) is 5. The van der Waals surface area contributed by atoms with Crippen molar-refractivity contribution >= 4 is 39.3 Å². The lowest BCUT2D eigenvalue weighted by molar-refractivity contribution is 0.0969. The number of carbonyl (C=O) groups is 1. The molecule has 1 aliphatic rings. The Hall–Kier alpha value is -2.99. The minimum Gasteiger partial charge on any atom is -0.354 e. The van der Waals surface area contributed by atoms with Crippen LogP contribution in [0.15, 0.2) is 42.5 Å². The molecule has 0 radical (unpaired) electrons. The molecule has 154 valence electrons. The highest BCUT2D eigenvalue weighted by Crippen LogP contribution is 2.28. The number of likely N-dealkylation sites (N-methyl/N-ethyl adjacent to an activating group) is 1. The Labute approximate surface area is 176 Å². The molecule has 1 aliphatic heterocycles. The van der Waals surface area contributed by atoms with Gasteiger partial charge in [-0.1, -0.05) is 26.0 Å². The lowest BCUT2D eigenvalue weighted by Crippen LogP contribution is -2.44. The number of para-hydroxylation sites is 2. The van der Waals surface area contributed by atoms with Crippen molar-refractivity contribution in [2.45, 2.75) is 20.3 Å². The van der Waals surface area contributed by atoms with Crippen LogP contribution in [0.3, 0.4) is 0 Å². The normalized spacial score (nSPS) is 15.7. The summed E-state index contributed by atoms with van der Waals surface area (Å²) in [4.78, 5) is 27.6. The number of aromatic nitrogens is 3. The van der Waals surface area contributed by atoms with Crippen molar-refractivity contribution in [1.29, 1.82) is 0 Å². The highest BCUT2D eigenvalue weighted by Gasteiger charge is 2.21. The maximum absolute atomic E-state index is 13.0. The first kappa shape index (κ1) is 19.0. The van der Waals surface area contributed by atoms with Crippen LogP contribution in [-0.4, -0.2) is 58.3 Å².